The first-order valence-corrected chi connectivity index (χ1v) is 6.45. The Kier molecular flexibility index (Phi) is 2.86. The van der Waals surface area contributed by atoms with Crippen molar-refractivity contribution in [3.05, 3.63) is 0 Å². The molecule has 2 atom stereocenters. The molecule has 1 aliphatic carbocycles. The average Bonchev–Trinajstić information content (AvgIpc) is 2.55. The zero-order chi connectivity index (χ0) is 11.0. The summed E-state index contributed by atoms with van der Waals surface area (Å²) in [6.45, 7) is 4.12. The molecular formula is C12H20N2O2. The van der Waals surface area contributed by atoms with E-state index in [0.29, 0.717) is 17.9 Å². The van der Waals surface area contributed by atoms with Crippen molar-refractivity contribution in [2.75, 3.05) is 32.8 Å². The van der Waals surface area contributed by atoms with E-state index in [-0.39, 0.29) is 5.92 Å². The Morgan fingerprint density at radius 1 is 1.31 bits per heavy atom. The molecule has 0 aromatic carbocycles. The van der Waals surface area contributed by atoms with Crippen molar-refractivity contribution >= 4 is 5.91 Å². The highest BCUT2D eigenvalue weighted by Crippen LogP contribution is 2.32. The fourth-order valence-corrected chi connectivity index (χ4v) is 3.16. The molecule has 0 aromatic heterocycles. The Morgan fingerprint density at radius 3 is 2.94 bits per heavy atom. The van der Waals surface area contributed by atoms with E-state index in [1.54, 1.807) is 0 Å². The molecule has 2 saturated heterocycles. The molecular weight excluding hydrogens is 204 g/mol. The van der Waals surface area contributed by atoms with Gasteiger partial charge in [0.05, 0.1) is 19.1 Å². The second-order valence-electron chi connectivity index (χ2n) is 5.22. The summed E-state index contributed by atoms with van der Waals surface area (Å²) in [6.07, 6.45) is 3.67. The van der Waals surface area contributed by atoms with Crippen molar-refractivity contribution < 1.29 is 9.53 Å². The van der Waals surface area contributed by atoms with E-state index >= 15 is 0 Å². The highest BCUT2D eigenvalue weighted by Gasteiger charge is 2.39. The lowest BCUT2D eigenvalue weighted by atomic mass is 9.98. The third-order valence-electron chi connectivity index (χ3n) is 4.24. The highest BCUT2D eigenvalue weighted by molar-refractivity contribution is 5.80. The lowest BCUT2D eigenvalue weighted by Gasteiger charge is -2.36. The molecule has 4 nitrogen and oxygen atoms in total. The van der Waals surface area contributed by atoms with E-state index in [1.807, 2.05) is 0 Å². The second kappa shape index (κ2) is 4.34. The predicted octanol–water partition coefficient (Wildman–Crippen LogP) is 0.233. The molecule has 3 fully saturated rings. The van der Waals surface area contributed by atoms with E-state index < -0.39 is 0 Å². The molecule has 4 heteroatoms. The van der Waals surface area contributed by atoms with Crippen molar-refractivity contribution in [1.82, 2.24) is 10.2 Å². The Bertz CT molecular complexity index is 278. The Morgan fingerprint density at radius 2 is 2.19 bits per heavy atom. The van der Waals surface area contributed by atoms with Gasteiger partial charge >= 0.3 is 0 Å². The number of hydrogen-bond donors (Lipinski definition) is 1. The fourth-order valence-electron chi connectivity index (χ4n) is 3.16. The summed E-state index contributed by atoms with van der Waals surface area (Å²) in [7, 11) is 0. The van der Waals surface area contributed by atoms with Crippen molar-refractivity contribution in [3.8, 4) is 0 Å². The predicted molar refractivity (Wildman–Crippen MR) is 60.0 cm³/mol. The molecule has 2 heterocycles. The SMILES string of the molecule is O=C(C1CNC1)N1CCOC[C@@H]2CCC[C@H]21. The van der Waals surface area contributed by atoms with E-state index in [0.717, 1.165) is 32.8 Å². The number of fused-ring (bicyclic) bond motifs is 1. The van der Waals surface area contributed by atoms with E-state index in [4.69, 9.17) is 4.74 Å². The fraction of sp³-hybridized carbons (Fsp3) is 0.917. The van der Waals surface area contributed by atoms with Crippen LogP contribution in [0.15, 0.2) is 0 Å². The van der Waals surface area contributed by atoms with Gasteiger partial charge in [-0.2, -0.15) is 0 Å². The summed E-state index contributed by atoms with van der Waals surface area (Å²) in [6, 6.07) is 0.468. The van der Waals surface area contributed by atoms with Crippen LogP contribution in [0, 0.1) is 11.8 Å². The third kappa shape index (κ3) is 1.74. The van der Waals surface area contributed by atoms with Gasteiger partial charge in [0.15, 0.2) is 0 Å². The van der Waals surface area contributed by atoms with Gasteiger partial charge in [-0.05, 0) is 12.8 Å². The molecule has 2 aliphatic heterocycles. The summed E-state index contributed by atoms with van der Waals surface area (Å²) in [5.74, 6) is 1.19. The minimum atomic E-state index is 0.236. The number of nitrogens with one attached hydrogen (secondary N) is 1. The molecule has 0 aromatic rings. The van der Waals surface area contributed by atoms with Gasteiger partial charge in [0, 0.05) is 31.6 Å². The maximum Gasteiger partial charge on any atom is 0.228 e. The number of hydrogen-bond acceptors (Lipinski definition) is 3. The molecule has 1 amide bonds. The van der Waals surface area contributed by atoms with Crippen molar-refractivity contribution in [2.24, 2.45) is 11.8 Å². The zero-order valence-corrected chi connectivity index (χ0v) is 9.65. The van der Waals surface area contributed by atoms with Gasteiger partial charge < -0.3 is 15.0 Å². The van der Waals surface area contributed by atoms with E-state index in [2.05, 4.69) is 10.2 Å². The first-order chi connectivity index (χ1) is 7.86. The van der Waals surface area contributed by atoms with Crippen LogP contribution in [0.25, 0.3) is 0 Å². The maximum absolute atomic E-state index is 12.3. The van der Waals surface area contributed by atoms with Crippen LogP contribution in [0.5, 0.6) is 0 Å². The van der Waals surface area contributed by atoms with Crippen LogP contribution < -0.4 is 5.32 Å². The lowest BCUT2D eigenvalue weighted by Crippen LogP contribution is -2.55. The number of rotatable bonds is 1. The van der Waals surface area contributed by atoms with Crippen LogP contribution in [0.2, 0.25) is 0 Å². The van der Waals surface area contributed by atoms with Crippen LogP contribution >= 0.6 is 0 Å². The van der Waals surface area contributed by atoms with Gasteiger partial charge in [-0.25, -0.2) is 0 Å². The summed E-state index contributed by atoms with van der Waals surface area (Å²) >= 11 is 0. The normalized spacial score (nSPS) is 35.4. The maximum atomic E-state index is 12.3. The molecule has 0 radical (unpaired) electrons. The van der Waals surface area contributed by atoms with Gasteiger partial charge in [-0.3, -0.25) is 4.79 Å². The molecule has 0 unspecified atom stereocenters. The molecule has 1 saturated carbocycles. The molecule has 0 bridgehead atoms. The number of carbonyl (C=O) groups excluding carboxylic acids is 1. The number of ether oxygens (including phenoxy) is 1. The zero-order valence-electron chi connectivity index (χ0n) is 9.65. The Labute approximate surface area is 96.3 Å². The number of carbonyl (C=O) groups is 1. The summed E-state index contributed by atoms with van der Waals surface area (Å²) < 4.78 is 5.61. The standard InChI is InChI=1S/C12H20N2O2/c15-12(10-6-13-7-10)14-4-5-16-8-9-2-1-3-11(9)14/h9-11,13H,1-8H2/t9-,11+/m0/s1. The Balaban J connectivity index is 1.72. The minimum absolute atomic E-state index is 0.236. The minimum Gasteiger partial charge on any atom is -0.379 e. The van der Waals surface area contributed by atoms with Crippen LogP contribution in [0.4, 0.5) is 0 Å². The topological polar surface area (TPSA) is 41.6 Å². The van der Waals surface area contributed by atoms with Gasteiger partial charge in [0.25, 0.3) is 0 Å². The molecule has 90 valence electrons. The van der Waals surface area contributed by atoms with Crippen molar-refractivity contribution in [3.63, 3.8) is 0 Å². The largest absolute Gasteiger partial charge is 0.379 e. The van der Waals surface area contributed by atoms with Crippen molar-refractivity contribution in [1.29, 1.82) is 0 Å². The van der Waals surface area contributed by atoms with E-state index in [1.165, 1.54) is 19.3 Å². The average molecular weight is 224 g/mol. The van der Waals surface area contributed by atoms with E-state index in [9.17, 15) is 4.79 Å². The second-order valence-corrected chi connectivity index (χ2v) is 5.22. The number of amides is 1. The van der Waals surface area contributed by atoms with Crippen LogP contribution in [-0.2, 0) is 9.53 Å². The lowest BCUT2D eigenvalue weighted by molar-refractivity contribution is -0.139. The van der Waals surface area contributed by atoms with Crippen LogP contribution in [-0.4, -0.2) is 49.7 Å². The van der Waals surface area contributed by atoms with Gasteiger partial charge in [0.2, 0.25) is 5.91 Å². The first kappa shape index (κ1) is 10.5. The highest BCUT2D eigenvalue weighted by atomic mass is 16.5. The van der Waals surface area contributed by atoms with Gasteiger partial charge in [0.1, 0.15) is 0 Å². The summed E-state index contributed by atoms with van der Waals surface area (Å²) in [5, 5.41) is 3.18. The molecule has 0 spiro atoms. The Hall–Kier alpha value is -0.610. The van der Waals surface area contributed by atoms with Gasteiger partial charge in [-0.1, -0.05) is 6.42 Å². The smallest absolute Gasteiger partial charge is 0.228 e. The van der Waals surface area contributed by atoms with Crippen LogP contribution in [0.1, 0.15) is 19.3 Å². The molecule has 3 aliphatic rings. The van der Waals surface area contributed by atoms with Crippen LogP contribution in [0.3, 0.4) is 0 Å². The molecule has 16 heavy (non-hydrogen) atoms. The molecule has 1 N–H and O–H groups in total. The monoisotopic (exact) mass is 224 g/mol. The summed E-state index contributed by atoms with van der Waals surface area (Å²) in [5.41, 5.74) is 0. The first-order valence-electron chi connectivity index (χ1n) is 6.45. The quantitative estimate of drug-likeness (QED) is 0.693. The number of nitrogens with zero attached hydrogens (tertiary/aromatic N) is 1. The molecule has 3 rings (SSSR count). The van der Waals surface area contributed by atoms with Gasteiger partial charge in [-0.15, -0.1) is 0 Å². The third-order valence-corrected chi connectivity index (χ3v) is 4.24. The summed E-state index contributed by atoms with van der Waals surface area (Å²) in [4.78, 5) is 14.4. The van der Waals surface area contributed by atoms with Crippen molar-refractivity contribution in [2.45, 2.75) is 25.3 Å².